The number of methoxy groups -OCH3 is 2. The van der Waals surface area contributed by atoms with Gasteiger partial charge in [0, 0.05) is 27.1 Å². The van der Waals surface area contributed by atoms with Crippen LogP contribution in [0, 0.1) is 11.3 Å². The number of ether oxygens (including phenoxy) is 2. The lowest BCUT2D eigenvalue weighted by atomic mass is 9.61. The molecule has 1 fully saturated rings. The van der Waals surface area contributed by atoms with Crippen LogP contribution in [0.5, 0.6) is 0 Å². The van der Waals surface area contributed by atoms with Crippen molar-refractivity contribution in [2.24, 2.45) is 0 Å². The van der Waals surface area contributed by atoms with E-state index < -0.39 is 11.2 Å². The third kappa shape index (κ3) is 2.39. The van der Waals surface area contributed by atoms with E-state index in [9.17, 15) is 5.26 Å². The first-order valence-electron chi connectivity index (χ1n) is 6.74. The average molecular weight is 259 g/mol. The molecule has 19 heavy (non-hydrogen) atoms. The molecule has 0 spiro atoms. The van der Waals surface area contributed by atoms with Crippen LogP contribution < -0.4 is 0 Å². The Morgan fingerprint density at radius 3 is 2.16 bits per heavy atom. The first-order valence-corrected chi connectivity index (χ1v) is 6.74. The minimum Gasteiger partial charge on any atom is -0.353 e. The third-order valence-corrected chi connectivity index (χ3v) is 4.15. The normalized spacial score (nSPS) is 19.5. The van der Waals surface area contributed by atoms with E-state index in [-0.39, 0.29) is 0 Å². The number of hydrogen-bond acceptors (Lipinski definition) is 3. The molecule has 0 aliphatic heterocycles. The van der Waals surface area contributed by atoms with Crippen molar-refractivity contribution in [1.29, 1.82) is 5.26 Å². The summed E-state index contributed by atoms with van der Waals surface area (Å²) in [5.41, 5.74) is 1.93. The van der Waals surface area contributed by atoms with Gasteiger partial charge in [-0.2, -0.15) is 5.26 Å². The van der Waals surface area contributed by atoms with Gasteiger partial charge in [-0.1, -0.05) is 37.6 Å². The van der Waals surface area contributed by atoms with Gasteiger partial charge in [0.2, 0.25) is 0 Å². The lowest BCUT2D eigenvalue weighted by Crippen LogP contribution is -2.56. The van der Waals surface area contributed by atoms with Crippen molar-refractivity contribution in [2.45, 2.75) is 43.8 Å². The SMILES string of the molecule is CCCc1ccc(C2(C#N)CC(OC)(OC)C2)cc1. The molecule has 1 aromatic rings. The van der Waals surface area contributed by atoms with Gasteiger partial charge in [-0.3, -0.25) is 0 Å². The Kier molecular flexibility index (Phi) is 3.93. The van der Waals surface area contributed by atoms with E-state index in [2.05, 4.69) is 37.3 Å². The van der Waals surface area contributed by atoms with E-state index in [1.54, 1.807) is 14.2 Å². The molecule has 0 aromatic heterocycles. The number of nitrogens with zero attached hydrogens (tertiary/aromatic N) is 1. The van der Waals surface area contributed by atoms with E-state index in [4.69, 9.17) is 9.47 Å². The second kappa shape index (κ2) is 5.32. The van der Waals surface area contributed by atoms with E-state index in [0.29, 0.717) is 12.8 Å². The highest BCUT2D eigenvalue weighted by molar-refractivity contribution is 5.39. The van der Waals surface area contributed by atoms with E-state index in [1.807, 2.05) is 0 Å². The average Bonchev–Trinajstić information content (AvgIpc) is 2.41. The molecule has 1 saturated carbocycles. The second-order valence-electron chi connectivity index (χ2n) is 5.31. The Labute approximate surface area is 115 Å². The molecule has 2 rings (SSSR count). The van der Waals surface area contributed by atoms with Crippen LogP contribution in [0.15, 0.2) is 24.3 Å². The summed E-state index contributed by atoms with van der Waals surface area (Å²) in [6.45, 7) is 2.17. The molecule has 1 aliphatic carbocycles. The molecule has 0 saturated heterocycles. The van der Waals surface area contributed by atoms with E-state index in [0.717, 1.165) is 18.4 Å². The predicted molar refractivity (Wildman–Crippen MR) is 73.7 cm³/mol. The molecule has 0 unspecified atom stereocenters. The van der Waals surface area contributed by atoms with Crippen LogP contribution in [-0.2, 0) is 21.3 Å². The molecule has 102 valence electrons. The monoisotopic (exact) mass is 259 g/mol. The third-order valence-electron chi connectivity index (χ3n) is 4.15. The predicted octanol–water partition coefficient (Wildman–Crippen LogP) is 3.18. The summed E-state index contributed by atoms with van der Waals surface area (Å²) in [6.07, 6.45) is 3.41. The summed E-state index contributed by atoms with van der Waals surface area (Å²) >= 11 is 0. The van der Waals surface area contributed by atoms with Crippen LogP contribution >= 0.6 is 0 Å². The number of nitriles is 1. The quantitative estimate of drug-likeness (QED) is 0.763. The van der Waals surface area contributed by atoms with Crippen LogP contribution in [0.1, 0.15) is 37.3 Å². The fourth-order valence-corrected chi connectivity index (χ4v) is 2.87. The molecule has 0 amide bonds. The highest BCUT2D eigenvalue weighted by Crippen LogP contribution is 2.52. The van der Waals surface area contributed by atoms with Gasteiger partial charge in [0.25, 0.3) is 0 Å². The van der Waals surface area contributed by atoms with Crippen molar-refractivity contribution >= 4 is 0 Å². The fourth-order valence-electron chi connectivity index (χ4n) is 2.87. The molecule has 0 atom stereocenters. The summed E-state index contributed by atoms with van der Waals surface area (Å²) in [6, 6.07) is 10.8. The Hall–Kier alpha value is -1.37. The van der Waals surface area contributed by atoms with Crippen molar-refractivity contribution < 1.29 is 9.47 Å². The smallest absolute Gasteiger partial charge is 0.171 e. The summed E-state index contributed by atoms with van der Waals surface area (Å²) in [4.78, 5) is 0. The van der Waals surface area contributed by atoms with Gasteiger partial charge >= 0.3 is 0 Å². The fraction of sp³-hybridized carbons (Fsp3) is 0.562. The molecule has 1 aliphatic rings. The van der Waals surface area contributed by atoms with Crippen molar-refractivity contribution in [3.8, 4) is 6.07 Å². The van der Waals surface area contributed by atoms with Gasteiger partial charge in [-0.25, -0.2) is 0 Å². The lowest BCUT2D eigenvalue weighted by molar-refractivity contribution is -0.269. The maximum atomic E-state index is 9.52. The van der Waals surface area contributed by atoms with Crippen LogP contribution in [-0.4, -0.2) is 20.0 Å². The molecular weight excluding hydrogens is 238 g/mol. The molecule has 0 heterocycles. The van der Waals surface area contributed by atoms with Crippen LogP contribution in [0.25, 0.3) is 0 Å². The Balaban J connectivity index is 2.18. The summed E-state index contributed by atoms with van der Waals surface area (Å²) in [5.74, 6) is -0.585. The number of aryl methyl sites for hydroxylation is 1. The summed E-state index contributed by atoms with van der Waals surface area (Å²) in [7, 11) is 3.27. The maximum absolute atomic E-state index is 9.52. The summed E-state index contributed by atoms with van der Waals surface area (Å²) in [5, 5.41) is 9.52. The standard InChI is InChI=1S/C16H21NO2/c1-4-5-13-6-8-14(9-7-13)15(12-17)10-16(11-15,18-2)19-3/h6-9H,4-5,10-11H2,1-3H3. The Morgan fingerprint density at radius 2 is 1.74 bits per heavy atom. The van der Waals surface area contributed by atoms with Crippen LogP contribution in [0.4, 0.5) is 0 Å². The molecule has 1 aromatic carbocycles. The van der Waals surface area contributed by atoms with Gasteiger partial charge in [0.1, 0.15) is 0 Å². The first kappa shape index (κ1) is 14.0. The minimum absolute atomic E-state index is 0.462. The van der Waals surface area contributed by atoms with Crippen molar-refractivity contribution in [3.63, 3.8) is 0 Å². The van der Waals surface area contributed by atoms with Gasteiger partial charge in [-0.05, 0) is 17.5 Å². The second-order valence-corrected chi connectivity index (χ2v) is 5.31. The lowest BCUT2D eigenvalue weighted by Gasteiger charge is -2.50. The maximum Gasteiger partial charge on any atom is 0.171 e. The van der Waals surface area contributed by atoms with Crippen LogP contribution in [0.2, 0.25) is 0 Å². The highest BCUT2D eigenvalue weighted by Gasteiger charge is 2.57. The Morgan fingerprint density at radius 1 is 1.16 bits per heavy atom. The molecule has 0 radical (unpaired) electrons. The van der Waals surface area contributed by atoms with Crippen molar-refractivity contribution in [3.05, 3.63) is 35.4 Å². The number of rotatable bonds is 5. The number of hydrogen-bond donors (Lipinski definition) is 0. The van der Waals surface area contributed by atoms with Gasteiger partial charge in [0.15, 0.2) is 5.79 Å². The van der Waals surface area contributed by atoms with Gasteiger partial charge in [0.05, 0.1) is 11.5 Å². The van der Waals surface area contributed by atoms with Crippen LogP contribution in [0.3, 0.4) is 0 Å². The zero-order chi connectivity index (χ0) is 13.9. The molecule has 3 heteroatoms. The van der Waals surface area contributed by atoms with Crippen molar-refractivity contribution in [2.75, 3.05) is 14.2 Å². The highest BCUT2D eigenvalue weighted by atomic mass is 16.7. The first-order chi connectivity index (χ1) is 9.13. The summed E-state index contributed by atoms with van der Waals surface area (Å²) < 4.78 is 10.8. The van der Waals surface area contributed by atoms with E-state index in [1.165, 1.54) is 5.56 Å². The largest absolute Gasteiger partial charge is 0.353 e. The molecule has 3 nitrogen and oxygen atoms in total. The van der Waals surface area contributed by atoms with E-state index >= 15 is 0 Å². The minimum atomic E-state index is -0.585. The van der Waals surface area contributed by atoms with Crippen molar-refractivity contribution in [1.82, 2.24) is 0 Å². The zero-order valence-electron chi connectivity index (χ0n) is 11.9. The topological polar surface area (TPSA) is 42.2 Å². The number of benzene rings is 1. The molecule has 0 N–H and O–H groups in total. The molecule has 0 bridgehead atoms. The van der Waals surface area contributed by atoms with Gasteiger partial charge < -0.3 is 9.47 Å². The van der Waals surface area contributed by atoms with Gasteiger partial charge in [-0.15, -0.1) is 0 Å². The Bertz CT molecular complexity index is 461. The molecular formula is C16H21NO2. The zero-order valence-corrected chi connectivity index (χ0v) is 11.9.